The molecule has 1 saturated carbocycles. The third kappa shape index (κ3) is 4.55. The average molecular weight is 343 g/mol. The number of nitrogens with one attached hydrogen (secondary N) is 1. The molecule has 3 fully saturated rings. The number of nitrogens with zero attached hydrogens (tertiary/aromatic N) is 4. The first-order valence-corrected chi connectivity index (χ1v) is 9.80. The second kappa shape index (κ2) is 7.79. The molecule has 1 N–H and O–H groups in total. The lowest BCUT2D eigenvalue weighted by Gasteiger charge is -2.41. The molecule has 0 bridgehead atoms. The van der Waals surface area contributed by atoms with Gasteiger partial charge in [0.05, 0.1) is 12.5 Å². The molecule has 0 unspecified atom stereocenters. The monoisotopic (exact) mass is 343 g/mol. The first-order valence-electron chi connectivity index (χ1n) is 9.80. The molecule has 6 nitrogen and oxygen atoms in total. The summed E-state index contributed by atoms with van der Waals surface area (Å²) in [5, 5.41) is 3.19. The van der Waals surface area contributed by atoms with Crippen LogP contribution in [0.2, 0.25) is 0 Å². The van der Waals surface area contributed by atoms with Crippen LogP contribution in [-0.2, 0) is 11.3 Å². The maximum atomic E-state index is 12.4. The van der Waals surface area contributed by atoms with Gasteiger partial charge in [0.2, 0.25) is 5.91 Å². The zero-order valence-electron chi connectivity index (χ0n) is 14.9. The number of hydrogen-bond donors (Lipinski definition) is 1. The molecular weight excluding hydrogens is 314 g/mol. The fraction of sp³-hybridized carbons (Fsp3) is 0.737. The number of likely N-dealkylation sites (tertiary alicyclic amines) is 2. The van der Waals surface area contributed by atoms with Crippen LogP contribution in [0.4, 0.5) is 0 Å². The van der Waals surface area contributed by atoms with Gasteiger partial charge in [-0.1, -0.05) is 0 Å². The van der Waals surface area contributed by atoms with Crippen LogP contribution in [0.3, 0.4) is 0 Å². The van der Waals surface area contributed by atoms with E-state index in [0.29, 0.717) is 18.0 Å². The minimum atomic E-state index is 0.199. The summed E-state index contributed by atoms with van der Waals surface area (Å²) in [6, 6.07) is 2.97. The van der Waals surface area contributed by atoms with E-state index in [1.165, 1.54) is 25.7 Å². The number of hydrogen-bond acceptors (Lipinski definition) is 5. The van der Waals surface area contributed by atoms with Crippen molar-refractivity contribution in [2.75, 3.05) is 26.2 Å². The van der Waals surface area contributed by atoms with Crippen LogP contribution in [0.15, 0.2) is 18.5 Å². The number of aromatic nitrogens is 2. The molecule has 0 aromatic carbocycles. The van der Waals surface area contributed by atoms with Gasteiger partial charge in [-0.2, -0.15) is 0 Å². The summed E-state index contributed by atoms with van der Waals surface area (Å²) in [5.74, 6) is 1.41. The lowest BCUT2D eigenvalue weighted by molar-refractivity contribution is -0.127. The van der Waals surface area contributed by atoms with Crippen molar-refractivity contribution >= 4 is 5.91 Å². The zero-order chi connectivity index (χ0) is 17.1. The van der Waals surface area contributed by atoms with E-state index in [1.807, 2.05) is 18.5 Å². The minimum absolute atomic E-state index is 0.199. The fourth-order valence-corrected chi connectivity index (χ4v) is 4.15. The molecule has 0 radical (unpaired) electrons. The average Bonchev–Trinajstić information content (AvgIpc) is 3.47. The zero-order valence-corrected chi connectivity index (χ0v) is 14.9. The summed E-state index contributed by atoms with van der Waals surface area (Å²) in [6.07, 6.45) is 10.6. The molecule has 4 rings (SSSR count). The van der Waals surface area contributed by atoms with Crippen molar-refractivity contribution in [3.63, 3.8) is 0 Å². The third-order valence-corrected chi connectivity index (χ3v) is 5.81. The van der Waals surface area contributed by atoms with Gasteiger partial charge in [0.15, 0.2) is 0 Å². The van der Waals surface area contributed by atoms with Gasteiger partial charge in [0, 0.05) is 44.1 Å². The quantitative estimate of drug-likeness (QED) is 0.876. The Labute approximate surface area is 150 Å². The lowest BCUT2D eigenvalue weighted by Crippen LogP contribution is -2.50. The summed E-state index contributed by atoms with van der Waals surface area (Å²) < 4.78 is 0. The molecule has 3 aliphatic rings. The Morgan fingerprint density at radius 3 is 2.56 bits per heavy atom. The highest BCUT2D eigenvalue weighted by molar-refractivity contribution is 5.79. The van der Waals surface area contributed by atoms with Crippen molar-refractivity contribution in [2.24, 2.45) is 5.92 Å². The Kier molecular flexibility index (Phi) is 5.27. The third-order valence-electron chi connectivity index (χ3n) is 5.81. The van der Waals surface area contributed by atoms with Crippen molar-refractivity contribution in [1.29, 1.82) is 0 Å². The molecule has 25 heavy (non-hydrogen) atoms. The molecule has 2 saturated heterocycles. The molecule has 136 valence electrons. The SMILES string of the molecule is O=C(NC1CC1)[C@@H]1CCCN(C2CCN(Cc3ncccn3)CC2)C1. The van der Waals surface area contributed by atoms with Gasteiger partial charge in [-0.05, 0) is 51.1 Å². The van der Waals surface area contributed by atoms with E-state index in [2.05, 4.69) is 25.1 Å². The molecular formula is C19H29N5O. The van der Waals surface area contributed by atoms with Gasteiger partial charge in [0.25, 0.3) is 0 Å². The molecule has 2 aliphatic heterocycles. The molecule has 1 aromatic rings. The molecule has 1 amide bonds. The van der Waals surface area contributed by atoms with Crippen molar-refractivity contribution in [2.45, 2.75) is 57.2 Å². The smallest absolute Gasteiger partial charge is 0.224 e. The van der Waals surface area contributed by atoms with Crippen molar-refractivity contribution in [3.05, 3.63) is 24.3 Å². The predicted molar refractivity (Wildman–Crippen MR) is 95.8 cm³/mol. The summed E-state index contributed by atoms with van der Waals surface area (Å²) >= 11 is 0. The first kappa shape index (κ1) is 16.9. The van der Waals surface area contributed by atoms with Gasteiger partial charge in [0.1, 0.15) is 5.82 Å². The van der Waals surface area contributed by atoms with Crippen LogP contribution in [0.25, 0.3) is 0 Å². The minimum Gasteiger partial charge on any atom is -0.353 e. The topological polar surface area (TPSA) is 61.4 Å². The van der Waals surface area contributed by atoms with Gasteiger partial charge in [-0.15, -0.1) is 0 Å². The van der Waals surface area contributed by atoms with E-state index >= 15 is 0 Å². The summed E-state index contributed by atoms with van der Waals surface area (Å²) in [6.45, 7) is 5.14. The Morgan fingerprint density at radius 2 is 1.84 bits per heavy atom. The highest BCUT2D eigenvalue weighted by Gasteiger charge is 2.33. The standard InChI is InChI=1S/C19H29N5O/c25-19(22-16-4-5-16)15-3-1-10-24(13-15)17-6-11-23(12-7-17)14-18-20-8-2-9-21-18/h2,8-9,15-17H,1,3-7,10-14H2,(H,22,25)/t15-/m1/s1. The number of piperidine rings is 2. The number of rotatable bonds is 5. The van der Waals surface area contributed by atoms with E-state index in [1.54, 1.807) is 0 Å². The predicted octanol–water partition coefficient (Wildman–Crippen LogP) is 1.43. The van der Waals surface area contributed by atoms with Gasteiger partial charge < -0.3 is 5.32 Å². The van der Waals surface area contributed by atoms with E-state index < -0.39 is 0 Å². The second-order valence-corrected chi connectivity index (χ2v) is 7.79. The molecule has 1 atom stereocenters. The maximum absolute atomic E-state index is 12.4. The Balaban J connectivity index is 1.24. The van der Waals surface area contributed by atoms with E-state index in [4.69, 9.17) is 0 Å². The van der Waals surface area contributed by atoms with Crippen molar-refractivity contribution < 1.29 is 4.79 Å². The van der Waals surface area contributed by atoms with Gasteiger partial charge >= 0.3 is 0 Å². The van der Waals surface area contributed by atoms with Crippen LogP contribution < -0.4 is 5.32 Å². The van der Waals surface area contributed by atoms with Crippen LogP contribution >= 0.6 is 0 Å². The Morgan fingerprint density at radius 1 is 1.08 bits per heavy atom. The lowest BCUT2D eigenvalue weighted by atomic mass is 9.93. The van der Waals surface area contributed by atoms with Gasteiger partial charge in [-0.25, -0.2) is 9.97 Å². The van der Waals surface area contributed by atoms with Crippen molar-refractivity contribution in [1.82, 2.24) is 25.1 Å². The highest BCUT2D eigenvalue weighted by atomic mass is 16.2. The summed E-state index contributed by atoms with van der Waals surface area (Å²) in [4.78, 5) is 26.1. The summed E-state index contributed by atoms with van der Waals surface area (Å²) in [5.41, 5.74) is 0. The molecule has 1 aliphatic carbocycles. The molecule has 0 spiro atoms. The largest absolute Gasteiger partial charge is 0.353 e. The molecule has 1 aromatic heterocycles. The van der Waals surface area contributed by atoms with E-state index in [0.717, 1.165) is 51.4 Å². The second-order valence-electron chi connectivity index (χ2n) is 7.79. The number of amides is 1. The van der Waals surface area contributed by atoms with Crippen LogP contribution in [0, 0.1) is 5.92 Å². The normalized spacial score (nSPS) is 26.5. The first-order chi connectivity index (χ1) is 12.3. The maximum Gasteiger partial charge on any atom is 0.224 e. The van der Waals surface area contributed by atoms with Crippen LogP contribution in [-0.4, -0.2) is 63.9 Å². The Bertz CT molecular complexity index is 568. The van der Waals surface area contributed by atoms with Gasteiger partial charge in [-0.3, -0.25) is 14.6 Å². The fourth-order valence-electron chi connectivity index (χ4n) is 4.15. The number of carbonyl (C=O) groups is 1. The van der Waals surface area contributed by atoms with Crippen LogP contribution in [0.5, 0.6) is 0 Å². The number of carbonyl (C=O) groups excluding carboxylic acids is 1. The van der Waals surface area contributed by atoms with E-state index in [-0.39, 0.29) is 5.92 Å². The molecule has 6 heteroatoms. The Hall–Kier alpha value is -1.53. The van der Waals surface area contributed by atoms with Crippen molar-refractivity contribution in [3.8, 4) is 0 Å². The van der Waals surface area contributed by atoms with Crippen LogP contribution in [0.1, 0.15) is 44.3 Å². The molecule has 3 heterocycles. The highest BCUT2D eigenvalue weighted by Crippen LogP contribution is 2.26. The van der Waals surface area contributed by atoms with E-state index in [9.17, 15) is 4.79 Å². The summed E-state index contributed by atoms with van der Waals surface area (Å²) in [7, 11) is 0.